The molecule has 6 heteroatoms. The molecule has 1 unspecified atom stereocenters. The molecule has 0 saturated carbocycles. The molecule has 0 saturated heterocycles. The molecule has 108 valence electrons. The van der Waals surface area contributed by atoms with Crippen molar-refractivity contribution in [2.45, 2.75) is 26.8 Å². The van der Waals surface area contributed by atoms with Crippen LogP contribution in [0, 0.1) is 0 Å². The zero-order valence-corrected chi connectivity index (χ0v) is 12.5. The molecule has 0 aliphatic rings. The van der Waals surface area contributed by atoms with Crippen molar-refractivity contribution >= 4 is 21.4 Å². The summed E-state index contributed by atoms with van der Waals surface area (Å²) in [6.45, 7) is 6.93. The van der Waals surface area contributed by atoms with Crippen molar-refractivity contribution in [1.82, 2.24) is 0 Å². The Bertz CT molecular complexity index is 471. The maximum atomic E-state index is 11.4. The molecule has 2 N–H and O–H groups in total. The predicted molar refractivity (Wildman–Crippen MR) is 79.1 cm³/mol. The lowest BCUT2D eigenvalue weighted by atomic mass is 10.2. The Hall–Kier alpha value is -1.27. The topological polar surface area (TPSA) is 67.4 Å². The number of hydrogen-bond acceptors (Lipinski definition) is 4. The van der Waals surface area contributed by atoms with Crippen LogP contribution in [0.1, 0.15) is 20.8 Å². The number of rotatable bonds is 8. The first-order valence-corrected chi connectivity index (χ1v) is 8.07. The summed E-state index contributed by atoms with van der Waals surface area (Å²) in [5.74, 6) is 0.0678. The van der Waals surface area contributed by atoms with Crippen LogP contribution in [0.4, 0.5) is 11.4 Å². The zero-order chi connectivity index (χ0) is 14.3. The predicted octanol–water partition coefficient (Wildman–Crippen LogP) is 2.29. The highest BCUT2D eigenvalue weighted by Gasteiger charge is 2.06. The second kappa shape index (κ2) is 7.35. The summed E-state index contributed by atoms with van der Waals surface area (Å²) < 4.78 is 30.6. The van der Waals surface area contributed by atoms with Gasteiger partial charge in [0, 0.05) is 24.0 Å². The highest BCUT2D eigenvalue weighted by atomic mass is 32.2. The molecule has 0 amide bonds. The highest BCUT2D eigenvalue weighted by molar-refractivity contribution is 7.92. The van der Waals surface area contributed by atoms with Crippen LogP contribution in [-0.2, 0) is 14.8 Å². The van der Waals surface area contributed by atoms with Crippen LogP contribution in [0.5, 0.6) is 0 Å². The van der Waals surface area contributed by atoms with Gasteiger partial charge in [-0.2, -0.15) is 0 Å². The van der Waals surface area contributed by atoms with Crippen LogP contribution in [0.25, 0.3) is 0 Å². The Kier molecular flexibility index (Phi) is 6.11. The lowest BCUT2D eigenvalue weighted by Gasteiger charge is -2.15. The van der Waals surface area contributed by atoms with Gasteiger partial charge in [-0.05, 0) is 45.0 Å². The van der Waals surface area contributed by atoms with Crippen molar-refractivity contribution in [2.24, 2.45) is 0 Å². The van der Waals surface area contributed by atoms with E-state index in [4.69, 9.17) is 4.74 Å². The molecular weight excluding hydrogens is 264 g/mol. The average Bonchev–Trinajstić information content (AvgIpc) is 2.38. The standard InChI is InChI=1S/C13H22N2O3S/c1-4-18-10-11(3)14-12-6-8-13(9-7-12)15-19(16,17)5-2/h6-9,11,14-15H,4-5,10H2,1-3H3. The van der Waals surface area contributed by atoms with Gasteiger partial charge in [-0.1, -0.05) is 0 Å². The van der Waals surface area contributed by atoms with E-state index in [1.54, 1.807) is 19.1 Å². The van der Waals surface area contributed by atoms with Crippen LogP contribution >= 0.6 is 0 Å². The van der Waals surface area contributed by atoms with Gasteiger partial charge in [-0.25, -0.2) is 8.42 Å². The highest BCUT2D eigenvalue weighted by Crippen LogP contribution is 2.15. The summed E-state index contributed by atoms with van der Waals surface area (Å²) in [6.07, 6.45) is 0. The number of sulfonamides is 1. The van der Waals surface area contributed by atoms with Crippen molar-refractivity contribution in [3.8, 4) is 0 Å². The third-order valence-corrected chi connectivity index (χ3v) is 3.83. The Balaban J connectivity index is 2.57. The molecule has 1 aromatic carbocycles. The van der Waals surface area contributed by atoms with E-state index < -0.39 is 10.0 Å². The molecular formula is C13H22N2O3S. The number of ether oxygens (including phenoxy) is 1. The Morgan fingerprint density at radius 2 is 1.74 bits per heavy atom. The molecule has 0 fully saturated rings. The van der Waals surface area contributed by atoms with Gasteiger partial charge in [0.25, 0.3) is 0 Å². The molecule has 0 aliphatic carbocycles. The van der Waals surface area contributed by atoms with Gasteiger partial charge in [0.1, 0.15) is 0 Å². The van der Waals surface area contributed by atoms with Gasteiger partial charge in [-0.15, -0.1) is 0 Å². The maximum Gasteiger partial charge on any atom is 0.232 e. The van der Waals surface area contributed by atoms with Crippen molar-refractivity contribution in [2.75, 3.05) is 29.0 Å². The molecule has 0 radical (unpaired) electrons. The Morgan fingerprint density at radius 1 is 1.16 bits per heavy atom. The van der Waals surface area contributed by atoms with E-state index in [1.165, 1.54) is 0 Å². The van der Waals surface area contributed by atoms with Gasteiger partial charge in [0.2, 0.25) is 10.0 Å². The van der Waals surface area contributed by atoms with E-state index in [1.807, 2.05) is 26.0 Å². The first-order chi connectivity index (χ1) is 8.96. The van der Waals surface area contributed by atoms with E-state index in [-0.39, 0.29) is 11.8 Å². The Morgan fingerprint density at radius 3 is 2.26 bits per heavy atom. The summed E-state index contributed by atoms with van der Waals surface area (Å²) in [4.78, 5) is 0. The summed E-state index contributed by atoms with van der Waals surface area (Å²) in [5.41, 5.74) is 1.51. The molecule has 5 nitrogen and oxygen atoms in total. The van der Waals surface area contributed by atoms with Crippen molar-refractivity contribution in [1.29, 1.82) is 0 Å². The van der Waals surface area contributed by atoms with Crippen molar-refractivity contribution in [3.05, 3.63) is 24.3 Å². The van der Waals surface area contributed by atoms with Crippen molar-refractivity contribution < 1.29 is 13.2 Å². The number of anilines is 2. The second-order valence-electron chi connectivity index (χ2n) is 4.29. The van der Waals surface area contributed by atoms with E-state index in [9.17, 15) is 8.42 Å². The molecule has 0 aliphatic heterocycles. The van der Waals surface area contributed by atoms with E-state index in [0.29, 0.717) is 18.9 Å². The zero-order valence-electron chi connectivity index (χ0n) is 11.6. The average molecular weight is 286 g/mol. The fraction of sp³-hybridized carbons (Fsp3) is 0.538. The smallest absolute Gasteiger partial charge is 0.232 e. The first-order valence-electron chi connectivity index (χ1n) is 6.41. The second-order valence-corrected chi connectivity index (χ2v) is 6.30. The quantitative estimate of drug-likeness (QED) is 0.769. The van der Waals surface area contributed by atoms with Gasteiger partial charge in [0.05, 0.1) is 12.4 Å². The lowest BCUT2D eigenvalue weighted by Crippen LogP contribution is -2.21. The normalized spacial score (nSPS) is 13.0. The van der Waals surface area contributed by atoms with Crippen LogP contribution in [0.2, 0.25) is 0 Å². The van der Waals surface area contributed by atoms with Gasteiger partial charge < -0.3 is 10.1 Å². The molecule has 1 rings (SSSR count). The molecule has 19 heavy (non-hydrogen) atoms. The molecule has 0 bridgehead atoms. The minimum Gasteiger partial charge on any atom is -0.380 e. The van der Waals surface area contributed by atoms with Gasteiger partial charge in [-0.3, -0.25) is 4.72 Å². The van der Waals surface area contributed by atoms with Gasteiger partial charge >= 0.3 is 0 Å². The third kappa shape index (κ3) is 5.94. The third-order valence-electron chi connectivity index (χ3n) is 2.52. The number of benzene rings is 1. The SMILES string of the molecule is CCOCC(C)Nc1ccc(NS(=O)(=O)CC)cc1. The summed E-state index contributed by atoms with van der Waals surface area (Å²) in [6, 6.07) is 7.37. The molecule has 1 atom stereocenters. The molecule has 0 aromatic heterocycles. The van der Waals surface area contributed by atoms with E-state index in [2.05, 4.69) is 10.0 Å². The van der Waals surface area contributed by atoms with Crippen LogP contribution in [0.15, 0.2) is 24.3 Å². The lowest BCUT2D eigenvalue weighted by molar-refractivity contribution is 0.141. The molecule has 1 aromatic rings. The van der Waals surface area contributed by atoms with E-state index in [0.717, 1.165) is 5.69 Å². The molecule has 0 heterocycles. The minimum absolute atomic E-state index is 0.0678. The summed E-state index contributed by atoms with van der Waals surface area (Å²) in [5, 5.41) is 3.28. The number of nitrogens with one attached hydrogen (secondary N) is 2. The number of hydrogen-bond donors (Lipinski definition) is 2. The fourth-order valence-corrected chi connectivity index (χ4v) is 2.15. The minimum atomic E-state index is -3.21. The summed E-state index contributed by atoms with van der Waals surface area (Å²) in [7, 11) is -3.21. The molecule has 0 spiro atoms. The van der Waals surface area contributed by atoms with E-state index >= 15 is 0 Å². The Labute approximate surface area is 115 Å². The first kappa shape index (κ1) is 15.8. The fourth-order valence-electron chi connectivity index (χ4n) is 1.51. The van der Waals surface area contributed by atoms with Crippen LogP contribution in [-0.4, -0.2) is 33.4 Å². The van der Waals surface area contributed by atoms with Crippen LogP contribution < -0.4 is 10.0 Å². The monoisotopic (exact) mass is 286 g/mol. The summed E-state index contributed by atoms with van der Waals surface area (Å²) >= 11 is 0. The maximum absolute atomic E-state index is 11.4. The van der Waals surface area contributed by atoms with Gasteiger partial charge in [0.15, 0.2) is 0 Å². The van der Waals surface area contributed by atoms with Crippen molar-refractivity contribution in [3.63, 3.8) is 0 Å². The van der Waals surface area contributed by atoms with Crippen LogP contribution in [0.3, 0.4) is 0 Å². The largest absolute Gasteiger partial charge is 0.380 e.